The van der Waals surface area contributed by atoms with Crippen LogP contribution in [-0.2, 0) is 16.0 Å². The summed E-state index contributed by atoms with van der Waals surface area (Å²) in [4.78, 5) is 22.0. The second kappa shape index (κ2) is 6.61. The van der Waals surface area contributed by atoms with Crippen molar-refractivity contribution in [1.82, 2.24) is 5.32 Å². The number of hydrogen-bond donors (Lipinski definition) is 4. The molecule has 0 saturated carbocycles. The lowest BCUT2D eigenvalue weighted by Crippen LogP contribution is -2.43. The monoisotopic (exact) mass is 253 g/mol. The van der Waals surface area contributed by atoms with Crippen molar-refractivity contribution in [3.05, 3.63) is 29.8 Å². The van der Waals surface area contributed by atoms with Crippen molar-refractivity contribution >= 4 is 11.9 Å². The van der Waals surface area contributed by atoms with Gasteiger partial charge < -0.3 is 20.6 Å². The maximum absolute atomic E-state index is 11.4. The highest BCUT2D eigenvalue weighted by molar-refractivity contribution is 5.83. The van der Waals surface area contributed by atoms with Crippen LogP contribution in [0.25, 0.3) is 0 Å². The average molecular weight is 253 g/mol. The van der Waals surface area contributed by atoms with E-state index < -0.39 is 24.5 Å². The van der Waals surface area contributed by atoms with Gasteiger partial charge in [0.25, 0.3) is 0 Å². The lowest BCUT2D eigenvalue weighted by Gasteiger charge is -2.11. The second-order valence-corrected chi connectivity index (χ2v) is 3.77. The van der Waals surface area contributed by atoms with E-state index in [1.807, 2.05) is 0 Å². The normalized spacial score (nSPS) is 11.8. The van der Waals surface area contributed by atoms with Crippen molar-refractivity contribution in [2.45, 2.75) is 18.9 Å². The molecular weight excluding hydrogens is 238 g/mol. The molecule has 0 saturated heterocycles. The second-order valence-electron chi connectivity index (χ2n) is 3.77. The first kappa shape index (κ1) is 14.0. The van der Waals surface area contributed by atoms with Crippen LogP contribution in [0, 0.1) is 0 Å². The standard InChI is InChI=1S/C12H15NO5/c14-7-9(12(17)18)13-11(16)6-5-8-3-1-2-4-10(8)15/h1-4,9,14-15H,5-7H2,(H,13,16)(H,17,18)/t9-/m1/s1. The Morgan fingerprint density at radius 1 is 1.28 bits per heavy atom. The van der Waals surface area contributed by atoms with Crippen LogP contribution in [-0.4, -0.2) is 39.8 Å². The number of aliphatic carboxylic acids is 1. The Balaban J connectivity index is 2.47. The number of aliphatic hydroxyl groups is 1. The highest BCUT2D eigenvalue weighted by atomic mass is 16.4. The van der Waals surface area contributed by atoms with Gasteiger partial charge in [0.15, 0.2) is 0 Å². The molecule has 1 aromatic carbocycles. The first-order valence-electron chi connectivity index (χ1n) is 5.44. The molecule has 6 nitrogen and oxygen atoms in total. The van der Waals surface area contributed by atoms with E-state index in [0.717, 1.165) is 0 Å². The summed E-state index contributed by atoms with van der Waals surface area (Å²) in [7, 11) is 0. The van der Waals surface area contributed by atoms with Crippen molar-refractivity contribution in [3.63, 3.8) is 0 Å². The quantitative estimate of drug-likeness (QED) is 0.565. The minimum atomic E-state index is -1.29. The summed E-state index contributed by atoms with van der Waals surface area (Å²) in [6, 6.07) is 5.32. The van der Waals surface area contributed by atoms with Gasteiger partial charge >= 0.3 is 5.97 Å². The number of phenolic OH excluding ortho intramolecular Hbond substituents is 1. The lowest BCUT2D eigenvalue weighted by atomic mass is 10.1. The summed E-state index contributed by atoms with van der Waals surface area (Å²) in [5.74, 6) is -1.67. The van der Waals surface area contributed by atoms with Crippen molar-refractivity contribution in [2.75, 3.05) is 6.61 Å². The van der Waals surface area contributed by atoms with Gasteiger partial charge in [-0.25, -0.2) is 4.79 Å². The third-order valence-corrected chi connectivity index (χ3v) is 2.43. The Hall–Kier alpha value is -2.08. The predicted octanol–water partition coefficient (Wildman–Crippen LogP) is -0.113. The van der Waals surface area contributed by atoms with Crippen molar-refractivity contribution in [3.8, 4) is 5.75 Å². The minimum absolute atomic E-state index is 0.0430. The molecule has 0 bridgehead atoms. The van der Waals surface area contributed by atoms with Gasteiger partial charge in [-0.3, -0.25) is 4.79 Å². The number of aryl methyl sites for hydroxylation is 1. The summed E-state index contributed by atoms with van der Waals surface area (Å²) >= 11 is 0. The minimum Gasteiger partial charge on any atom is -0.508 e. The topological polar surface area (TPSA) is 107 Å². The maximum Gasteiger partial charge on any atom is 0.328 e. The van der Waals surface area contributed by atoms with Crippen LogP contribution in [0.2, 0.25) is 0 Å². The molecule has 0 spiro atoms. The Bertz CT molecular complexity index is 432. The third-order valence-electron chi connectivity index (χ3n) is 2.43. The maximum atomic E-state index is 11.4. The van der Waals surface area contributed by atoms with Gasteiger partial charge in [-0.05, 0) is 18.1 Å². The molecule has 0 aliphatic heterocycles. The number of phenols is 1. The average Bonchev–Trinajstić information content (AvgIpc) is 2.34. The van der Waals surface area contributed by atoms with E-state index in [2.05, 4.69) is 5.32 Å². The molecule has 0 unspecified atom stereocenters. The van der Waals surface area contributed by atoms with Crippen LogP contribution >= 0.6 is 0 Å². The third kappa shape index (κ3) is 4.06. The SMILES string of the molecule is O=C(CCc1ccccc1O)N[C@H](CO)C(=O)O. The number of aliphatic hydroxyl groups excluding tert-OH is 1. The smallest absolute Gasteiger partial charge is 0.328 e. The molecular formula is C12H15NO5. The Morgan fingerprint density at radius 3 is 2.50 bits per heavy atom. The Labute approximate surface area is 104 Å². The van der Waals surface area contributed by atoms with E-state index in [1.165, 1.54) is 6.07 Å². The number of aromatic hydroxyl groups is 1. The van der Waals surface area contributed by atoms with E-state index in [1.54, 1.807) is 18.2 Å². The Kier molecular flexibility index (Phi) is 5.13. The van der Waals surface area contributed by atoms with Gasteiger partial charge in [-0.15, -0.1) is 0 Å². The molecule has 0 aromatic heterocycles. The van der Waals surface area contributed by atoms with E-state index in [-0.39, 0.29) is 12.2 Å². The molecule has 18 heavy (non-hydrogen) atoms. The zero-order chi connectivity index (χ0) is 13.5. The summed E-state index contributed by atoms with van der Waals surface area (Å²) in [6.45, 7) is -0.655. The molecule has 6 heteroatoms. The van der Waals surface area contributed by atoms with Crippen molar-refractivity contribution < 1.29 is 24.9 Å². The largest absolute Gasteiger partial charge is 0.508 e. The van der Waals surface area contributed by atoms with Crippen LogP contribution in [0.15, 0.2) is 24.3 Å². The number of nitrogens with one attached hydrogen (secondary N) is 1. The van der Waals surface area contributed by atoms with Gasteiger partial charge in [0.05, 0.1) is 6.61 Å². The fraction of sp³-hybridized carbons (Fsp3) is 0.333. The molecule has 0 fully saturated rings. The molecule has 4 N–H and O–H groups in total. The van der Waals surface area contributed by atoms with E-state index in [0.29, 0.717) is 12.0 Å². The number of carbonyl (C=O) groups excluding carboxylic acids is 1. The van der Waals surface area contributed by atoms with Crippen LogP contribution in [0.4, 0.5) is 0 Å². The summed E-state index contributed by atoms with van der Waals surface area (Å²) in [6.07, 6.45) is 0.345. The highest BCUT2D eigenvalue weighted by Gasteiger charge is 2.18. The Morgan fingerprint density at radius 2 is 1.94 bits per heavy atom. The highest BCUT2D eigenvalue weighted by Crippen LogP contribution is 2.16. The summed E-state index contributed by atoms with van der Waals surface area (Å²) in [5.41, 5.74) is 0.614. The van der Waals surface area contributed by atoms with Gasteiger partial charge in [0.1, 0.15) is 11.8 Å². The fourth-order valence-corrected chi connectivity index (χ4v) is 1.42. The number of benzene rings is 1. The van der Waals surface area contributed by atoms with Crippen LogP contribution in [0.1, 0.15) is 12.0 Å². The predicted molar refractivity (Wildman–Crippen MR) is 63.1 cm³/mol. The molecule has 0 aliphatic rings. The molecule has 98 valence electrons. The first-order chi connectivity index (χ1) is 8.54. The molecule has 1 aromatic rings. The van der Waals surface area contributed by atoms with E-state index >= 15 is 0 Å². The number of rotatable bonds is 6. The molecule has 0 radical (unpaired) electrons. The van der Waals surface area contributed by atoms with E-state index in [9.17, 15) is 14.7 Å². The van der Waals surface area contributed by atoms with Crippen molar-refractivity contribution in [2.24, 2.45) is 0 Å². The van der Waals surface area contributed by atoms with E-state index in [4.69, 9.17) is 10.2 Å². The molecule has 1 atom stereocenters. The van der Waals surface area contributed by atoms with Crippen LogP contribution in [0.3, 0.4) is 0 Å². The van der Waals surface area contributed by atoms with Crippen LogP contribution < -0.4 is 5.32 Å². The number of carboxylic acid groups (broad SMARTS) is 1. The lowest BCUT2D eigenvalue weighted by molar-refractivity contribution is -0.142. The number of carbonyl (C=O) groups is 2. The van der Waals surface area contributed by atoms with Gasteiger partial charge in [0, 0.05) is 6.42 Å². The summed E-state index contributed by atoms with van der Waals surface area (Å²) in [5, 5.41) is 29.0. The molecule has 1 amide bonds. The first-order valence-corrected chi connectivity index (χ1v) is 5.44. The number of carboxylic acids is 1. The molecule has 1 rings (SSSR count). The van der Waals surface area contributed by atoms with Gasteiger partial charge in [-0.1, -0.05) is 18.2 Å². The van der Waals surface area contributed by atoms with Gasteiger partial charge in [0.2, 0.25) is 5.91 Å². The van der Waals surface area contributed by atoms with Crippen molar-refractivity contribution in [1.29, 1.82) is 0 Å². The number of para-hydroxylation sites is 1. The zero-order valence-corrected chi connectivity index (χ0v) is 9.67. The molecule has 0 heterocycles. The number of hydrogen-bond acceptors (Lipinski definition) is 4. The zero-order valence-electron chi connectivity index (χ0n) is 9.67. The van der Waals surface area contributed by atoms with Crippen LogP contribution in [0.5, 0.6) is 5.75 Å². The summed E-state index contributed by atoms with van der Waals surface area (Å²) < 4.78 is 0. The molecule has 0 aliphatic carbocycles. The van der Waals surface area contributed by atoms with Gasteiger partial charge in [-0.2, -0.15) is 0 Å². The number of amides is 1. The fourth-order valence-electron chi connectivity index (χ4n) is 1.42.